The molecule has 2 fully saturated rings. The van der Waals surface area contributed by atoms with Crippen molar-refractivity contribution in [3.63, 3.8) is 0 Å². The highest BCUT2D eigenvalue weighted by molar-refractivity contribution is 6.06. The van der Waals surface area contributed by atoms with Crippen molar-refractivity contribution < 1.29 is 14.3 Å². The minimum Gasteiger partial charge on any atom is -0.383 e. The lowest BCUT2D eigenvalue weighted by Gasteiger charge is -2.18. The average molecular weight is 334 g/mol. The van der Waals surface area contributed by atoms with Crippen molar-refractivity contribution in [3.05, 3.63) is 12.2 Å². The van der Waals surface area contributed by atoms with Crippen molar-refractivity contribution in [2.45, 2.75) is 12.8 Å². The smallest absolute Gasteiger partial charge is 0.233 e. The second-order valence-electron chi connectivity index (χ2n) is 6.60. The highest BCUT2D eigenvalue weighted by Crippen LogP contribution is 2.52. The molecule has 0 aromatic carbocycles. The van der Waals surface area contributed by atoms with Gasteiger partial charge < -0.3 is 15.4 Å². The van der Waals surface area contributed by atoms with E-state index >= 15 is 0 Å². The number of nitrogens with one attached hydrogen (secondary N) is 2. The van der Waals surface area contributed by atoms with Gasteiger partial charge in [0.15, 0.2) is 5.96 Å². The van der Waals surface area contributed by atoms with Gasteiger partial charge in [-0.05, 0) is 24.7 Å². The van der Waals surface area contributed by atoms with E-state index in [1.54, 1.807) is 14.2 Å². The number of likely N-dealkylation sites (tertiary alicyclic amines) is 1. The molecule has 0 radical (unpaired) electrons. The first-order chi connectivity index (χ1) is 11.7. The molecule has 24 heavy (non-hydrogen) atoms. The Balaban J connectivity index is 1.43. The van der Waals surface area contributed by atoms with Crippen LogP contribution in [0.1, 0.15) is 12.8 Å². The number of aliphatic imine (C=N–C) groups is 1. The van der Waals surface area contributed by atoms with Crippen molar-refractivity contribution in [2.75, 3.05) is 40.4 Å². The number of allylic oxidation sites excluding steroid dienone is 2. The second-order valence-corrected chi connectivity index (χ2v) is 6.60. The number of methoxy groups -OCH3 is 1. The lowest BCUT2D eigenvalue weighted by Crippen LogP contribution is -2.41. The van der Waals surface area contributed by atoms with Crippen LogP contribution in [0.3, 0.4) is 0 Å². The molecule has 7 nitrogen and oxygen atoms in total. The van der Waals surface area contributed by atoms with Crippen LogP contribution in [0.15, 0.2) is 17.1 Å². The highest BCUT2D eigenvalue weighted by atomic mass is 16.5. The molecule has 3 aliphatic rings. The van der Waals surface area contributed by atoms with Crippen LogP contribution in [0.4, 0.5) is 0 Å². The maximum atomic E-state index is 12.5. The summed E-state index contributed by atoms with van der Waals surface area (Å²) in [6.45, 7) is 2.42. The molecule has 2 N–H and O–H groups in total. The molecule has 2 bridgehead atoms. The van der Waals surface area contributed by atoms with Gasteiger partial charge in [-0.1, -0.05) is 12.2 Å². The Bertz CT molecular complexity index is 530. The number of rotatable bonds is 7. The van der Waals surface area contributed by atoms with Gasteiger partial charge in [0.2, 0.25) is 11.8 Å². The maximum absolute atomic E-state index is 12.5. The first-order valence-corrected chi connectivity index (χ1v) is 8.64. The molecular weight excluding hydrogens is 308 g/mol. The topological polar surface area (TPSA) is 83.0 Å². The summed E-state index contributed by atoms with van der Waals surface area (Å²) in [5.74, 6) is 1.14. The fourth-order valence-electron chi connectivity index (χ4n) is 4.12. The zero-order valence-corrected chi connectivity index (χ0v) is 14.3. The molecule has 4 atom stereocenters. The van der Waals surface area contributed by atoms with Crippen molar-refractivity contribution in [2.24, 2.45) is 28.7 Å². The fourth-order valence-corrected chi connectivity index (χ4v) is 4.12. The van der Waals surface area contributed by atoms with Crippen LogP contribution in [-0.2, 0) is 14.3 Å². The molecule has 1 aliphatic heterocycles. The van der Waals surface area contributed by atoms with Gasteiger partial charge in [0.25, 0.3) is 0 Å². The number of fused-ring (bicyclic) bond motifs is 5. The van der Waals surface area contributed by atoms with Crippen LogP contribution < -0.4 is 10.6 Å². The number of guanidine groups is 1. The molecule has 2 amide bonds. The van der Waals surface area contributed by atoms with E-state index in [2.05, 4.69) is 27.8 Å². The van der Waals surface area contributed by atoms with Gasteiger partial charge in [-0.15, -0.1) is 0 Å². The largest absolute Gasteiger partial charge is 0.383 e. The summed E-state index contributed by atoms with van der Waals surface area (Å²) < 4.78 is 4.98. The molecule has 2 aliphatic carbocycles. The number of hydrogen-bond acceptors (Lipinski definition) is 4. The van der Waals surface area contributed by atoms with E-state index in [0.717, 1.165) is 6.42 Å². The van der Waals surface area contributed by atoms with Gasteiger partial charge in [-0.25, -0.2) is 0 Å². The lowest BCUT2D eigenvalue weighted by atomic mass is 9.85. The van der Waals surface area contributed by atoms with Crippen LogP contribution in [0.5, 0.6) is 0 Å². The number of hydrogen-bond donors (Lipinski definition) is 2. The molecular formula is C17H26N4O3. The normalized spacial score (nSPS) is 31.1. The maximum Gasteiger partial charge on any atom is 0.233 e. The summed E-state index contributed by atoms with van der Waals surface area (Å²) in [7, 11) is 3.36. The third kappa shape index (κ3) is 3.05. The molecule has 1 saturated carbocycles. The predicted octanol–water partition coefficient (Wildman–Crippen LogP) is -0.00500. The van der Waals surface area contributed by atoms with E-state index < -0.39 is 0 Å². The summed E-state index contributed by atoms with van der Waals surface area (Å²) in [5, 5.41) is 6.31. The van der Waals surface area contributed by atoms with E-state index in [-0.39, 0.29) is 35.5 Å². The number of imide groups is 1. The summed E-state index contributed by atoms with van der Waals surface area (Å²) in [6, 6.07) is 0. The molecule has 0 aromatic rings. The fraction of sp³-hybridized carbons (Fsp3) is 0.706. The third-order valence-electron chi connectivity index (χ3n) is 5.23. The van der Waals surface area contributed by atoms with E-state index in [1.165, 1.54) is 4.90 Å². The van der Waals surface area contributed by atoms with Crippen LogP contribution in [0.25, 0.3) is 0 Å². The molecule has 132 valence electrons. The van der Waals surface area contributed by atoms with Gasteiger partial charge in [0, 0.05) is 33.8 Å². The Labute approximate surface area is 142 Å². The molecule has 1 heterocycles. The third-order valence-corrected chi connectivity index (χ3v) is 5.23. The first kappa shape index (κ1) is 17.0. The molecule has 0 spiro atoms. The quantitative estimate of drug-likeness (QED) is 0.225. The Morgan fingerprint density at radius 1 is 1.21 bits per heavy atom. The standard InChI is InChI=1S/C17H26N4O3/c1-18-17(20-7-9-24-2)19-6-3-8-21-15(22)13-11-4-5-12(10-11)14(13)16(21)23/h4-5,11-14H,3,6-10H2,1-2H3,(H2,18,19,20). The van der Waals surface area contributed by atoms with Gasteiger partial charge in [-0.2, -0.15) is 0 Å². The van der Waals surface area contributed by atoms with Crippen molar-refractivity contribution in [3.8, 4) is 0 Å². The van der Waals surface area contributed by atoms with Gasteiger partial charge in [0.05, 0.1) is 18.4 Å². The predicted molar refractivity (Wildman–Crippen MR) is 90.3 cm³/mol. The highest BCUT2D eigenvalue weighted by Gasteiger charge is 2.58. The zero-order chi connectivity index (χ0) is 17.1. The lowest BCUT2D eigenvalue weighted by molar-refractivity contribution is -0.140. The molecule has 7 heteroatoms. The van der Waals surface area contributed by atoms with Gasteiger partial charge >= 0.3 is 0 Å². The zero-order valence-electron chi connectivity index (χ0n) is 14.3. The van der Waals surface area contributed by atoms with E-state index in [4.69, 9.17) is 4.74 Å². The van der Waals surface area contributed by atoms with Gasteiger partial charge in [0.1, 0.15) is 0 Å². The number of amides is 2. The Morgan fingerprint density at radius 3 is 2.42 bits per heavy atom. The Hall–Kier alpha value is -1.89. The monoisotopic (exact) mass is 334 g/mol. The van der Waals surface area contributed by atoms with Crippen molar-refractivity contribution in [1.82, 2.24) is 15.5 Å². The molecule has 3 rings (SSSR count). The Morgan fingerprint density at radius 2 is 1.83 bits per heavy atom. The first-order valence-electron chi connectivity index (χ1n) is 8.64. The van der Waals surface area contributed by atoms with E-state index in [0.29, 0.717) is 38.6 Å². The summed E-state index contributed by atoms with van der Waals surface area (Å²) in [6.07, 6.45) is 5.94. The Kier molecular flexibility index (Phi) is 5.18. The summed E-state index contributed by atoms with van der Waals surface area (Å²) >= 11 is 0. The minimum atomic E-state index is -0.0936. The van der Waals surface area contributed by atoms with E-state index in [1.807, 2.05) is 0 Å². The van der Waals surface area contributed by atoms with Crippen molar-refractivity contribution in [1.29, 1.82) is 0 Å². The van der Waals surface area contributed by atoms with Crippen molar-refractivity contribution >= 4 is 17.8 Å². The van der Waals surface area contributed by atoms with E-state index in [9.17, 15) is 9.59 Å². The van der Waals surface area contributed by atoms with Crippen LogP contribution in [0.2, 0.25) is 0 Å². The number of nitrogens with zero attached hydrogens (tertiary/aromatic N) is 2. The molecule has 1 saturated heterocycles. The number of carbonyl (C=O) groups excluding carboxylic acids is 2. The minimum absolute atomic E-state index is 0.0319. The summed E-state index contributed by atoms with van der Waals surface area (Å²) in [5.41, 5.74) is 0. The number of carbonyl (C=O) groups is 2. The van der Waals surface area contributed by atoms with Crippen LogP contribution in [-0.4, -0.2) is 63.1 Å². The average Bonchev–Trinajstić information content (AvgIpc) is 3.26. The SMILES string of the molecule is CN=C(NCCCN1C(=O)C2C3C=CC(C3)C2C1=O)NCCOC. The molecule has 4 unspecified atom stereocenters. The van der Waals surface area contributed by atoms with Gasteiger partial charge in [-0.3, -0.25) is 19.5 Å². The molecule has 0 aromatic heterocycles. The second kappa shape index (κ2) is 7.34. The number of ether oxygens (including phenoxy) is 1. The van der Waals surface area contributed by atoms with Crippen LogP contribution >= 0.6 is 0 Å². The summed E-state index contributed by atoms with van der Waals surface area (Å²) in [4.78, 5) is 30.7. The van der Waals surface area contributed by atoms with Crippen LogP contribution in [0, 0.1) is 23.7 Å².